The summed E-state index contributed by atoms with van der Waals surface area (Å²) in [6.45, 7) is 0. The van der Waals surface area contributed by atoms with Crippen molar-refractivity contribution in [3.63, 3.8) is 0 Å². The minimum Gasteiger partial charge on any atom is -0.301 e. The highest BCUT2D eigenvalue weighted by Crippen LogP contribution is 2.35. The van der Waals surface area contributed by atoms with Crippen LogP contribution in [0.1, 0.15) is 5.56 Å². The maximum atomic E-state index is 8.97. The van der Waals surface area contributed by atoms with Crippen LogP contribution >= 0.6 is 11.6 Å². The predicted octanol–water partition coefficient (Wildman–Crippen LogP) is 4.61. The molecule has 0 fully saturated rings. The second-order valence-corrected chi connectivity index (χ2v) is 5.66. The number of nitriles is 1. The van der Waals surface area contributed by atoms with Crippen LogP contribution in [0.25, 0.3) is 27.8 Å². The Bertz CT molecular complexity index is 1060. The van der Waals surface area contributed by atoms with Crippen LogP contribution in [0, 0.1) is 11.3 Å². The number of fused-ring (bicyclic) bond motifs is 1. The van der Waals surface area contributed by atoms with Gasteiger partial charge in [-0.15, -0.1) is 0 Å². The van der Waals surface area contributed by atoms with E-state index in [0.29, 0.717) is 10.7 Å². The summed E-state index contributed by atoms with van der Waals surface area (Å²) in [7, 11) is 0. The number of hydrogen-bond donors (Lipinski definition) is 0. The third-order valence-electron chi connectivity index (χ3n) is 3.90. The lowest BCUT2D eigenvalue weighted by Crippen LogP contribution is -1.93. The molecule has 5 heteroatoms. The molecule has 2 heterocycles. The Labute approximate surface area is 143 Å². The van der Waals surface area contributed by atoms with Gasteiger partial charge in [0.1, 0.15) is 17.1 Å². The standard InChI is InChI=1S/C19H11ClN4/c20-18-17-16(14-8-6-13(10-21)7-9-14)11-24(19(17)23-12-22-18)15-4-2-1-3-5-15/h1-9,11-12H. The lowest BCUT2D eigenvalue weighted by molar-refractivity contribution is 1.08. The van der Waals surface area contributed by atoms with Crippen molar-refractivity contribution in [1.82, 2.24) is 14.5 Å². The molecule has 0 radical (unpaired) electrons. The van der Waals surface area contributed by atoms with Crippen LogP contribution in [0.4, 0.5) is 0 Å². The molecule has 2 aromatic carbocycles. The van der Waals surface area contributed by atoms with E-state index >= 15 is 0 Å². The van der Waals surface area contributed by atoms with Gasteiger partial charge < -0.3 is 4.57 Å². The van der Waals surface area contributed by atoms with Crippen LogP contribution in [-0.2, 0) is 0 Å². The van der Waals surface area contributed by atoms with Crippen molar-refractivity contribution in [3.8, 4) is 22.9 Å². The average Bonchev–Trinajstić information content (AvgIpc) is 3.04. The summed E-state index contributed by atoms with van der Waals surface area (Å²) in [5.74, 6) is 0. The van der Waals surface area contributed by atoms with E-state index in [1.165, 1.54) is 6.33 Å². The molecule has 4 aromatic rings. The fourth-order valence-corrected chi connectivity index (χ4v) is 2.98. The molecule has 0 aliphatic heterocycles. The van der Waals surface area contributed by atoms with Gasteiger partial charge >= 0.3 is 0 Å². The van der Waals surface area contributed by atoms with Gasteiger partial charge in [-0.3, -0.25) is 0 Å². The van der Waals surface area contributed by atoms with Crippen LogP contribution in [-0.4, -0.2) is 14.5 Å². The maximum absolute atomic E-state index is 8.97. The largest absolute Gasteiger partial charge is 0.301 e. The van der Waals surface area contributed by atoms with Gasteiger partial charge in [-0.05, 0) is 29.8 Å². The van der Waals surface area contributed by atoms with Crippen molar-refractivity contribution < 1.29 is 0 Å². The smallest absolute Gasteiger partial charge is 0.150 e. The molecule has 24 heavy (non-hydrogen) atoms. The summed E-state index contributed by atoms with van der Waals surface area (Å²) < 4.78 is 2.00. The number of para-hydroxylation sites is 1. The van der Waals surface area contributed by atoms with E-state index in [1.807, 2.05) is 53.2 Å². The highest BCUT2D eigenvalue weighted by molar-refractivity contribution is 6.35. The number of hydrogen-bond acceptors (Lipinski definition) is 3. The zero-order valence-electron chi connectivity index (χ0n) is 12.5. The molecular formula is C19H11ClN4. The van der Waals surface area contributed by atoms with Crippen LogP contribution in [0.2, 0.25) is 5.15 Å². The minimum atomic E-state index is 0.411. The first-order valence-corrected chi connectivity index (χ1v) is 7.73. The van der Waals surface area contributed by atoms with E-state index in [-0.39, 0.29) is 0 Å². The third kappa shape index (κ3) is 2.32. The van der Waals surface area contributed by atoms with Crippen molar-refractivity contribution in [2.45, 2.75) is 0 Å². The van der Waals surface area contributed by atoms with E-state index in [0.717, 1.165) is 27.8 Å². The van der Waals surface area contributed by atoms with Crippen molar-refractivity contribution in [3.05, 3.63) is 77.8 Å². The summed E-state index contributed by atoms with van der Waals surface area (Å²) in [5, 5.41) is 10.2. The minimum absolute atomic E-state index is 0.411. The molecule has 114 valence electrons. The predicted molar refractivity (Wildman–Crippen MR) is 94.0 cm³/mol. The highest BCUT2D eigenvalue weighted by atomic mass is 35.5. The fraction of sp³-hybridized carbons (Fsp3) is 0. The van der Waals surface area contributed by atoms with Gasteiger partial charge in [-0.25, -0.2) is 9.97 Å². The molecule has 0 aliphatic rings. The molecule has 0 saturated heterocycles. The number of rotatable bonds is 2. The van der Waals surface area contributed by atoms with Crippen molar-refractivity contribution in [2.24, 2.45) is 0 Å². The van der Waals surface area contributed by atoms with Crippen molar-refractivity contribution >= 4 is 22.6 Å². The van der Waals surface area contributed by atoms with Crippen LogP contribution in [0.3, 0.4) is 0 Å². The third-order valence-corrected chi connectivity index (χ3v) is 4.18. The number of nitrogens with zero attached hydrogens (tertiary/aromatic N) is 4. The zero-order chi connectivity index (χ0) is 16.5. The molecule has 0 aliphatic carbocycles. The van der Waals surface area contributed by atoms with Crippen LogP contribution in [0.15, 0.2) is 67.1 Å². The monoisotopic (exact) mass is 330 g/mol. The molecule has 2 aromatic heterocycles. The van der Waals surface area contributed by atoms with Crippen molar-refractivity contribution in [2.75, 3.05) is 0 Å². The average molecular weight is 331 g/mol. The summed E-state index contributed by atoms with van der Waals surface area (Å²) in [6, 6.07) is 19.5. The van der Waals surface area contributed by atoms with Crippen LogP contribution < -0.4 is 0 Å². The maximum Gasteiger partial charge on any atom is 0.150 e. The van der Waals surface area contributed by atoms with Gasteiger partial charge in [0.2, 0.25) is 0 Å². The second kappa shape index (κ2) is 5.80. The van der Waals surface area contributed by atoms with E-state index in [4.69, 9.17) is 16.9 Å². The molecule has 0 spiro atoms. The summed E-state index contributed by atoms with van der Waals surface area (Å²) in [6.07, 6.45) is 3.47. The molecule has 0 N–H and O–H groups in total. The molecule has 0 amide bonds. The van der Waals surface area contributed by atoms with Crippen LogP contribution in [0.5, 0.6) is 0 Å². The Kier molecular flexibility index (Phi) is 3.49. The molecule has 4 nitrogen and oxygen atoms in total. The number of halogens is 1. The number of aromatic nitrogens is 3. The molecule has 0 saturated carbocycles. The van der Waals surface area contributed by atoms with Gasteiger partial charge in [0, 0.05) is 17.4 Å². The Morgan fingerprint density at radius 3 is 2.42 bits per heavy atom. The van der Waals surface area contributed by atoms with Gasteiger partial charge in [0.25, 0.3) is 0 Å². The Balaban J connectivity index is 2.01. The Morgan fingerprint density at radius 2 is 1.71 bits per heavy atom. The normalized spacial score (nSPS) is 10.7. The molecule has 4 rings (SSSR count). The second-order valence-electron chi connectivity index (χ2n) is 5.30. The summed E-state index contributed by atoms with van der Waals surface area (Å²) in [4.78, 5) is 8.54. The van der Waals surface area contributed by atoms with Gasteiger partial charge in [-0.1, -0.05) is 41.9 Å². The Morgan fingerprint density at radius 1 is 0.958 bits per heavy atom. The van der Waals surface area contributed by atoms with E-state index in [2.05, 4.69) is 16.0 Å². The lowest BCUT2D eigenvalue weighted by atomic mass is 10.1. The SMILES string of the molecule is N#Cc1ccc(-c2cn(-c3ccccc3)c3ncnc(Cl)c23)cc1. The Hall–Kier alpha value is -3.16. The lowest BCUT2D eigenvalue weighted by Gasteiger charge is -2.03. The molecule has 0 atom stereocenters. The van der Waals surface area contributed by atoms with Gasteiger partial charge in [0.05, 0.1) is 17.0 Å². The zero-order valence-corrected chi connectivity index (χ0v) is 13.3. The summed E-state index contributed by atoms with van der Waals surface area (Å²) in [5.41, 5.74) is 4.26. The topological polar surface area (TPSA) is 54.5 Å². The molecule has 0 bridgehead atoms. The van der Waals surface area contributed by atoms with Crippen molar-refractivity contribution in [1.29, 1.82) is 5.26 Å². The first kappa shape index (κ1) is 14.4. The van der Waals surface area contributed by atoms with Gasteiger partial charge in [0.15, 0.2) is 0 Å². The summed E-state index contributed by atoms with van der Waals surface area (Å²) >= 11 is 6.35. The number of benzene rings is 2. The highest BCUT2D eigenvalue weighted by Gasteiger charge is 2.16. The quantitative estimate of drug-likeness (QED) is 0.504. The molecular weight excluding hydrogens is 320 g/mol. The van der Waals surface area contributed by atoms with E-state index in [9.17, 15) is 0 Å². The van der Waals surface area contributed by atoms with Gasteiger partial charge in [-0.2, -0.15) is 5.26 Å². The molecule has 0 unspecified atom stereocenters. The van der Waals surface area contributed by atoms with E-state index in [1.54, 1.807) is 12.1 Å². The first-order valence-electron chi connectivity index (χ1n) is 7.35. The first-order chi connectivity index (χ1) is 11.8. The van der Waals surface area contributed by atoms with E-state index < -0.39 is 0 Å². The fourth-order valence-electron chi connectivity index (χ4n) is 2.75.